The van der Waals surface area contributed by atoms with Gasteiger partial charge in [0.25, 0.3) is 0 Å². The number of hydrogen-bond acceptors (Lipinski definition) is 4. The van der Waals surface area contributed by atoms with Gasteiger partial charge >= 0.3 is 0 Å². The van der Waals surface area contributed by atoms with Gasteiger partial charge in [0, 0.05) is 45.2 Å². The molecule has 2 aliphatic rings. The van der Waals surface area contributed by atoms with E-state index in [2.05, 4.69) is 32.8 Å². The molecule has 2 rings (SSSR count). The van der Waals surface area contributed by atoms with Crippen LogP contribution in [0.4, 0.5) is 0 Å². The molecule has 2 fully saturated rings. The molecule has 0 atom stereocenters. The highest BCUT2D eigenvalue weighted by Gasteiger charge is 2.15. The second kappa shape index (κ2) is 14.4. The summed E-state index contributed by atoms with van der Waals surface area (Å²) in [7, 11) is 0. The summed E-state index contributed by atoms with van der Waals surface area (Å²) in [5, 5.41) is 9.65. The lowest BCUT2D eigenvalue weighted by molar-refractivity contribution is -0.121. The van der Waals surface area contributed by atoms with Crippen molar-refractivity contribution in [3.63, 3.8) is 0 Å². The van der Waals surface area contributed by atoms with Crippen molar-refractivity contribution in [2.45, 2.75) is 51.5 Å². The number of morpholine rings is 1. The van der Waals surface area contributed by atoms with Crippen LogP contribution in [0.25, 0.3) is 0 Å². The van der Waals surface area contributed by atoms with E-state index >= 15 is 0 Å². The van der Waals surface area contributed by atoms with E-state index in [1.165, 1.54) is 19.3 Å². The van der Waals surface area contributed by atoms with Gasteiger partial charge in [-0.3, -0.25) is 14.7 Å². The molecule has 3 N–H and O–H groups in total. The van der Waals surface area contributed by atoms with E-state index in [1.807, 2.05) is 0 Å². The van der Waals surface area contributed by atoms with Gasteiger partial charge in [-0.2, -0.15) is 0 Å². The zero-order chi connectivity index (χ0) is 17.7. The third-order valence-electron chi connectivity index (χ3n) is 4.75. The number of carbonyl (C=O) groups excluding carboxylic acids is 1. The van der Waals surface area contributed by atoms with Gasteiger partial charge in [0.2, 0.25) is 5.91 Å². The molecule has 1 saturated heterocycles. The number of nitrogens with one attached hydrogen (secondary N) is 3. The van der Waals surface area contributed by atoms with Crippen LogP contribution in [-0.2, 0) is 9.53 Å². The first-order valence-corrected chi connectivity index (χ1v) is 9.89. The zero-order valence-corrected chi connectivity index (χ0v) is 18.4. The number of halogens is 1. The first kappa shape index (κ1) is 23.4. The van der Waals surface area contributed by atoms with Crippen molar-refractivity contribution in [2.75, 3.05) is 52.5 Å². The molecule has 0 spiro atoms. The fourth-order valence-corrected chi connectivity index (χ4v) is 3.31. The molecule has 7 nitrogen and oxygen atoms in total. The molecule has 0 bridgehead atoms. The van der Waals surface area contributed by atoms with Crippen LogP contribution in [0, 0.1) is 0 Å². The molecule has 0 aromatic heterocycles. The normalized spacial score (nSPS) is 19.5. The minimum absolute atomic E-state index is 0. The maximum Gasteiger partial charge on any atom is 0.221 e. The zero-order valence-electron chi connectivity index (χ0n) is 16.1. The molecular formula is C18H36IN5O2. The van der Waals surface area contributed by atoms with Crippen molar-refractivity contribution in [2.24, 2.45) is 4.99 Å². The fraction of sp³-hybridized carbons (Fsp3) is 0.889. The molecule has 1 heterocycles. The van der Waals surface area contributed by atoms with Crippen LogP contribution in [0.1, 0.15) is 45.4 Å². The lowest BCUT2D eigenvalue weighted by Gasteiger charge is -2.25. The lowest BCUT2D eigenvalue weighted by atomic mass is 9.95. The van der Waals surface area contributed by atoms with Crippen molar-refractivity contribution in [3.05, 3.63) is 0 Å². The summed E-state index contributed by atoms with van der Waals surface area (Å²) in [5.74, 6) is 0.935. The molecule has 1 amide bonds. The van der Waals surface area contributed by atoms with Crippen LogP contribution in [-0.4, -0.2) is 75.3 Å². The van der Waals surface area contributed by atoms with Gasteiger partial charge < -0.3 is 20.7 Å². The standard InChI is InChI=1S/C18H35N5O2.HI/c1-2-19-18(21-10-11-23-12-14-25-15-13-23)20-9-8-17(24)22-16-6-4-3-5-7-16;/h16H,2-15H2,1H3,(H,22,24)(H2,19,20,21);1H. The van der Waals surface area contributed by atoms with Crippen LogP contribution in [0.2, 0.25) is 0 Å². The quantitative estimate of drug-likeness (QED) is 0.277. The van der Waals surface area contributed by atoms with Gasteiger partial charge in [0.1, 0.15) is 0 Å². The van der Waals surface area contributed by atoms with E-state index in [-0.39, 0.29) is 29.9 Å². The average molecular weight is 481 g/mol. The number of hydrogen-bond donors (Lipinski definition) is 3. The molecule has 0 aromatic carbocycles. The highest BCUT2D eigenvalue weighted by Crippen LogP contribution is 2.17. The molecule has 0 unspecified atom stereocenters. The predicted octanol–water partition coefficient (Wildman–Crippen LogP) is 1.33. The van der Waals surface area contributed by atoms with Gasteiger partial charge in [-0.05, 0) is 19.8 Å². The minimum Gasteiger partial charge on any atom is -0.379 e. The molecule has 0 radical (unpaired) electrons. The Balaban J connectivity index is 0.00000338. The largest absolute Gasteiger partial charge is 0.379 e. The van der Waals surface area contributed by atoms with Gasteiger partial charge in [0.15, 0.2) is 5.96 Å². The van der Waals surface area contributed by atoms with Gasteiger partial charge in [0.05, 0.1) is 19.8 Å². The second-order valence-electron chi connectivity index (χ2n) is 6.79. The van der Waals surface area contributed by atoms with Crippen LogP contribution in [0.5, 0.6) is 0 Å². The Labute approximate surface area is 175 Å². The maximum absolute atomic E-state index is 12.0. The Morgan fingerprint density at radius 1 is 1.15 bits per heavy atom. The number of ether oxygens (including phenoxy) is 1. The molecule has 1 saturated carbocycles. The molecule has 1 aliphatic heterocycles. The monoisotopic (exact) mass is 481 g/mol. The van der Waals surface area contributed by atoms with E-state index in [4.69, 9.17) is 4.74 Å². The van der Waals surface area contributed by atoms with Crippen LogP contribution in [0.15, 0.2) is 4.99 Å². The summed E-state index contributed by atoms with van der Waals surface area (Å²) >= 11 is 0. The van der Waals surface area contributed by atoms with E-state index in [0.717, 1.165) is 64.7 Å². The van der Waals surface area contributed by atoms with Gasteiger partial charge in [-0.25, -0.2) is 0 Å². The number of carbonyl (C=O) groups is 1. The average Bonchev–Trinajstić information content (AvgIpc) is 2.63. The van der Waals surface area contributed by atoms with Crippen LogP contribution >= 0.6 is 24.0 Å². The topological polar surface area (TPSA) is 78.0 Å². The van der Waals surface area contributed by atoms with Crippen molar-refractivity contribution in [3.8, 4) is 0 Å². The van der Waals surface area contributed by atoms with Crippen molar-refractivity contribution in [1.29, 1.82) is 0 Å². The Kier molecular flexibility index (Phi) is 13.0. The first-order chi connectivity index (χ1) is 12.3. The highest BCUT2D eigenvalue weighted by molar-refractivity contribution is 14.0. The van der Waals surface area contributed by atoms with Crippen molar-refractivity contribution < 1.29 is 9.53 Å². The SMILES string of the molecule is CCNC(=NCCN1CCOCC1)NCCC(=O)NC1CCCCC1.I. The highest BCUT2D eigenvalue weighted by atomic mass is 127. The molecule has 8 heteroatoms. The smallest absolute Gasteiger partial charge is 0.221 e. The number of amides is 1. The summed E-state index contributed by atoms with van der Waals surface area (Å²) in [5.41, 5.74) is 0. The van der Waals surface area contributed by atoms with Crippen LogP contribution < -0.4 is 16.0 Å². The van der Waals surface area contributed by atoms with Gasteiger partial charge in [-0.15, -0.1) is 24.0 Å². The summed E-state index contributed by atoms with van der Waals surface area (Å²) in [6.45, 7) is 8.79. The predicted molar refractivity (Wildman–Crippen MR) is 116 cm³/mol. The third kappa shape index (κ3) is 9.91. The van der Waals surface area contributed by atoms with Gasteiger partial charge in [-0.1, -0.05) is 19.3 Å². The number of guanidine groups is 1. The summed E-state index contributed by atoms with van der Waals surface area (Å²) in [6.07, 6.45) is 6.54. The van der Waals surface area contributed by atoms with Crippen molar-refractivity contribution in [1.82, 2.24) is 20.9 Å². The Hall–Kier alpha value is -0.610. The summed E-state index contributed by atoms with van der Waals surface area (Å²) in [6, 6.07) is 0.386. The Morgan fingerprint density at radius 2 is 1.88 bits per heavy atom. The molecule has 0 aromatic rings. The first-order valence-electron chi connectivity index (χ1n) is 9.89. The molecule has 26 heavy (non-hydrogen) atoms. The maximum atomic E-state index is 12.0. The second-order valence-corrected chi connectivity index (χ2v) is 6.79. The summed E-state index contributed by atoms with van der Waals surface area (Å²) < 4.78 is 5.36. The minimum atomic E-state index is 0. The lowest BCUT2D eigenvalue weighted by Crippen LogP contribution is -2.42. The van der Waals surface area contributed by atoms with E-state index in [0.29, 0.717) is 19.0 Å². The van der Waals surface area contributed by atoms with E-state index in [9.17, 15) is 4.79 Å². The van der Waals surface area contributed by atoms with E-state index in [1.54, 1.807) is 0 Å². The van der Waals surface area contributed by atoms with E-state index < -0.39 is 0 Å². The Bertz CT molecular complexity index is 410. The molecular weight excluding hydrogens is 445 g/mol. The number of aliphatic imine (C=N–C) groups is 1. The fourth-order valence-electron chi connectivity index (χ4n) is 3.31. The van der Waals surface area contributed by atoms with Crippen LogP contribution in [0.3, 0.4) is 0 Å². The molecule has 152 valence electrons. The molecule has 1 aliphatic carbocycles. The summed E-state index contributed by atoms with van der Waals surface area (Å²) in [4.78, 5) is 19.0. The van der Waals surface area contributed by atoms with Crippen molar-refractivity contribution >= 4 is 35.8 Å². The Morgan fingerprint density at radius 3 is 2.58 bits per heavy atom. The number of rotatable bonds is 8. The number of nitrogens with zero attached hydrogens (tertiary/aromatic N) is 2. The third-order valence-corrected chi connectivity index (χ3v) is 4.75.